The number of aliphatic imine (C=N–C) groups is 1. The van der Waals surface area contributed by atoms with Crippen molar-refractivity contribution in [3.05, 3.63) is 130 Å². The normalized spacial score (nSPS) is 17.6. The maximum atomic E-state index is 6.72. The van der Waals surface area contributed by atoms with Crippen LogP contribution < -0.4 is 14.4 Å². The van der Waals surface area contributed by atoms with E-state index in [4.69, 9.17) is 24.2 Å². The van der Waals surface area contributed by atoms with E-state index in [1.165, 1.54) is 22.3 Å². The number of benzene rings is 4. The van der Waals surface area contributed by atoms with Crippen molar-refractivity contribution in [2.75, 3.05) is 4.90 Å². The largest absolute Gasteiger partial charge is 0.471 e. The van der Waals surface area contributed by atoms with Gasteiger partial charge in [0.2, 0.25) is 5.90 Å². The molecule has 0 amide bonds. The Balaban J connectivity index is 1.13. The molecule has 5 aromatic rings. The second-order valence-electron chi connectivity index (χ2n) is 16.1. The van der Waals surface area contributed by atoms with Crippen molar-refractivity contribution in [3.63, 3.8) is 0 Å². The Labute approximate surface area is 295 Å². The molecule has 6 heteroatoms. The highest BCUT2D eigenvalue weighted by Crippen LogP contribution is 2.51. The third-order valence-electron chi connectivity index (χ3n) is 10.1. The Morgan fingerprint density at radius 2 is 1.54 bits per heavy atom. The van der Waals surface area contributed by atoms with Gasteiger partial charge in [0, 0.05) is 24.2 Å². The molecule has 1 aromatic heterocycles. The first-order valence-corrected chi connectivity index (χ1v) is 17.6. The van der Waals surface area contributed by atoms with Gasteiger partial charge in [0.1, 0.15) is 23.6 Å². The topological polar surface area (TPSA) is 56.2 Å². The lowest BCUT2D eigenvalue weighted by Crippen LogP contribution is -2.19. The highest BCUT2D eigenvalue weighted by atomic mass is 16.5. The molecule has 8 rings (SSSR count). The minimum Gasteiger partial charge on any atom is -0.471 e. The van der Waals surface area contributed by atoms with Crippen LogP contribution in [0.3, 0.4) is 0 Å². The van der Waals surface area contributed by atoms with Crippen LogP contribution in [0.5, 0.6) is 23.0 Å². The van der Waals surface area contributed by atoms with Gasteiger partial charge in [0.25, 0.3) is 0 Å². The third-order valence-corrected chi connectivity index (χ3v) is 10.1. The zero-order chi connectivity index (χ0) is 35.1. The summed E-state index contributed by atoms with van der Waals surface area (Å²) < 4.78 is 19.7. The van der Waals surface area contributed by atoms with E-state index in [2.05, 4.69) is 134 Å². The number of aromatic nitrogens is 1. The summed E-state index contributed by atoms with van der Waals surface area (Å²) >= 11 is 0. The van der Waals surface area contributed by atoms with Crippen molar-refractivity contribution in [1.29, 1.82) is 0 Å². The van der Waals surface area contributed by atoms with Crippen LogP contribution in [0, 0.1) is 20.8 Å². The molecule has 0 saturated heterocycles. The molecule has 50 heavy (non-hydrogen) atoms. The molecule has 0 fully saturated rings. The molecule has 6 nitrogen and oxygen atoms in total. The van der Waals surface area contributed by atoms with Crippen molar-refractivity contribution in [1.82, 2.24) is 4.98 Å². The molecule has 0 saturated carbocycles. The number of fused-ring (bicyclic) bond motifs is 5. The summed E-state index contributed by atoms with van der Waals surface area (Å²) in [7, 11) is 0. The zero-order valence-corrected chi connectivity index (χ0v) is 30.5. The zero-order valence-electron chi connectivity index (χ0n) is 30.5. The highest BCUT2D eigenvalue weighted by Gasteiger charge is 2.40. The number of anilines is 3. The predicted molar refractivity (Wildman–Crippen MR) is 201 cm³/mol. The molecule has 254 valence electrons. The van der Waals surface area contributed by atoms with E-state index < -0.39 is 0 Å². The fourth-order valence-corrected chi connectivity index (χ4v) is 7.35. The van der Waals surface area contributed by atoms with E-state index >= 15 is 0 Å². The Hall–Kier alpha value is -5.10. The second kappa shape index (κ2) is 11.5. The van der Waals surface area contributed by atoms with Crippen LogP contribution >= 0.6 is 0 Å². The Morgan fingerprint density at radius 3 is 2.32 bits per heavy atom. The molecule has 1 aliphatic carbocycles. The van der Waals surface area contributed by atoms with Crippen LogP contribution in [-0.4, -0.2) is 17.0 Å². The van der Waals surface area contributed by atoms with Crippen LogP contribution in [0.4, 0.5) is 17.2 Å². The fourth-order valence-electron chi connectivity index (χ4n) is 7.35. The van der Waals surface area contributed by atoms with Crippen molar-refractivity contribution in [2.24, 2.45) is 4.99 Å². The lowest BCUT2D eigenvalue weighted by atomic mass is 9.85. The summed E-state index contributed by atoms with van der Waals surface area (Å²) in [6, 6.07) is 27.8. The molecule has 4 aromatic carbocycles. The Morgan fingerprint density at radius 1 is 0.780 bits per heavy atom. The van der Waals surface area contributed by atoms with Crippen molar-refractivity contribution >= 4 is 23.1 Å². The standard InChI is InChI=1S/C44H45N3O3/c1-25-17-31(47-35-15-13-30(44(7,8)9)22-38(35)49-36-11-10-16-45-41(36)47)23-32(18-25)48-37-24-34(26(2)19-27(37)3)42-46-40-33-14-12-29(43(4,5)6)20-28(33)21-39(40)50-42/h10-20,22-24,39-40H,21H2,1-9H3/t39-,40+/m0/s1. The van der Waals surface area contributed by atoms with Crippen LogP contribution in [0.2, 0.25) is 0 Å². The van der Waals surface area contributed by atoms with Crippen LogP contribution in [0.1, 0.15) is 92.1 Å². The summed E-state index contributed by atoms with van der Waals surface area (Å²) in [6.45, 7) is 19.7. The smallest absolute Gasteiger partial charge is 0.217 e. The summed E-state index contributed by atoms with van der Waals surface area (Å²) in [5, 5.41) is 0. The third kappa shape index (κ3) is 5.61. The summed E-state index contributed by atoms with van der Waals surface area (Å²) in [6.07, 6.45) is 2.70. The first-order valence-electron chi connectivity index (χ1n) is 17.6. The van der Waals surface area contributed by atoms with Gasteiger partial charge in [0.05, 0.1) is 11.4 Å². The van der Waals surface area contributed by atoms with Gasteiger partial charge in [-0.2, -0.15) is 0 Å². The first-order chi connectivity index (χ1) is 23.7. The summed E-state index contributed by atoms with van der Waals surface area (Å²) in [5.41, 5.74) is 11.4. The van der Waals surface area contributed by atoms with E-state index in [0.717, 1.165) is 63.1 Å². The lowest BCUT2D eigenvalue weighted by molar-refractivity contribution is 0.206. The van der Waals surface area contributed by atoms with Gasteiger partial charge in [0.15, 0.2) is 17.3 Å². The van der Waals surface area contributed by atoms with Crippen LogP contribution in [0.15, 0.2) is 90.1 Å². The molecular weight excluding hydrogens is 619 g/mol. The molecule has 2 aliphatic heterocycles. The minimum atomic E-state index is -0.0118. The molecule has 0 spiro atoms. The van der Waals surface area contributed by atoms with Crippen molar-refractivity contribution in [3.8, 4) is 23.0 Å². The number of ether oxygens (including phenoxy) is 3. The SMILES string of the molecule is Cc1cc(Oc2cc(C3=N[C@@H]4c5ccc(C(C)(C)C)cc5C[C@@H]4O3)c(C)cc2C)cc(N2c3ccc(C(C)(C)C)cc3Oc3cccnc32)c1. The van der Waals surface area contributed by atoms with E-state index in [0.29, 0.717) is 11.6 Å². The van der Waals surface area contributed by atoms with Gasteiger partial charge in [-0.1, -0.05) is 71.9 Å². The molecular formula is C44H45N3O3. The average molecular weight is 664 g/mol. The Bertz CT molecular complexity index is 2200. The number of hydrogen-bond acceptors (Lipinski definition) is 6. The van der Waals surface area contributed by atoms with Gasteiger partial charge in [-0.25, -0.2) is 9.98 Å². The van der Waals surface area contributed by atoms with E-state index in [1.807, 2.05) is 12.1 Å². The number of rotatable bonds is 4. The molecule has 0 radical (unpaired) electrons. The highest BCUT2D eigenvalue weighted by molar-refractivity contribution is 5.97. The predicted octanol–water partition coefficient (Wildman–Crippen LogP) is 11.4. The molecule has 2 atom stereocenters. The number of hydrogen-bond donors (Lipinski definition) is 0. The fraction of sp³-hybridized carbons (Fsp3) is 0.318. The monoisotopic (exact) mass is 663 g/mol. The number of nitrogens with zero attached hydrogens (tertiary/aromatic N) is 3. The summed E-state index contributed by atoms with van der Waals surface area (Å²) in [5.74, 6) is 4.47. The minimum absolute atomic E-state index is 0.0118. The molecule has 3 aliphatic rings. The molecule has 0 N–H and O–H groups in total. The lowest BCUT2D eigenvalue weighted by Gasteiger charge is -2.33. The average Bonchev–Trinajstić information content (AvgIpc) is 3.61. The van der Waals surface area contributed by atoms with Gasteiger partial charge in [-0.05, 0) is 113 Å². The van der Waals surface area contributed by atoms with Crippen molar-refractivity contribution in [2.45, 2.75) is 91.7 Å². The quantitative estimate of drug-likeness (QED) is 0.188. The van der Waals surface area contributed by atoms with Gasteiger partial charge in [-0.15, -0.1) is 0 Å². The van der Waals surface area contributed by atoms with Crippen LogP contribution in [0.25, 0.3) is 0 Å². The number of pyridine rings is 1. The maximum absolute atomic E-state index is 6.72. The van der Waals surface area contributed by atoms with E-state index in [-0.39, 0.29) is 23.0 Å². The Kier molecular flexibility index (Phi) is 7.37. The maximum Gasteiger partial charge on any atom is 0.217 e. The van der Waals surface area contributed by atoms with Gasteiger partial charge >= 0.3 is 0 Å². The van der Waals surface area contributed by atoms with E-state index in [1.54, 1.807) is 6.20 Å². The van der Waals surface area contributed by atoms with Crippen LogP contribution in [-0.2, 0) is 22.0 Å². The summed E-state index contributed by atoms with van der Waals surface area (Å²) in [4.78, 5) is 12.1. The molecule has 0 bridgehead atoms. The van der Waals surface area contributed by atoms with E-state index in [9.17, 15) is 0 Å². The molecule has 3 heterocycles. The molecule has 0 unspecified atom stereocenters. The van der Waals surface area contributed by atoms with Gasteiger partial charge < -0.3 is 14.2 Å². The number of aryl methyl sites for hydroxylation is 3. The van der Waals surface area contributed by atoms with Gasteiger partial charge in [-0.3, -0.25) is 4.90 Å². The van der Waals surface area contributed by atoms with Crippen molar-refractivity contribution < 1.29 is 14.2 Å². The second-order valence-corrected chi connectivity index (χ2v) is 16.1. The first kappa shape index (κ1) is 32.1.